The van der Waals surface area contributed by atoms with Crippen LogP contribution in [-0.2, 0) is 19.6 Å². The van der Waals surface area contributed by atoms with Gasteiger partial charge in [-0.25, -0.2) is 22.0 Å². The highest BCUT2D eigenvalue weighted by Gasteiger charge is 2.48. The van der Waals surface area contributed by atoms with Crippen molar-refractivity contribution < 1.29 is 61.3 Å². The molecule has 12 heteroatoms. The van der Waals surface area contributed by atoms with Crippen LogP contribution in [0.2, 0.25) is 0 Å². The SMILES string of the molecule is Fc1ccc([I+]c2ccc(F)cc2)cc1.O=C(OCCCCCCCCCCCCBr)C(F)(F)S(=O)(=O)[O-]. The molecule has 2 aromatic carbocycles. The molecular weight excluding hydrogens is 707 g/mol. The lowest BCUT2D eigenvalue weighted by Gasteiger charge is -2.17. The molecule has 2 rings (SSSR count). The number of alkyl halides is 3. The lowest BCUT2D eigenvalue weighted by atomic mass is 10.1. The first-order valence-corrected chi connectivity index (χ1v) is 16.9. The molecule has 0 unspecified atom stereocenters. The fourth-order valence-corrected chi connectivity index (χ4v) is 5.89. The summed E-state index contributed by atoms with van der Waals surface area (Å²) in [6, 6.07) is 13.0. The number of hydrogen-bond acceptors (Lipinski definition) is 5. The Bertz CT molecular complexity index is 995. The van der Waals surface area contributed by atoms with Crippen LogP contribution >= 0.6 is 15.9 Å². The van der Waals surface area contributed by atoms with Crippen LogP contribution in [0.1, 0.15) is 64.2 Å². The number of ether oxygens (including phenoxy) is 1. The van der Waals surface area contributed by atoms with Gasteiger partial charge in [0.2, 0.25) is 0 Å². The van der Waals surface area contributed by atoms with Gasteiger partial charge in [-0.05, 0) is 61.4 Å². The molecule has 5 nitrogen and oxygen atoms in total. The van der Waals surface area contributed by atoms with E-state index in [0.717, 1.165) is 31.7 Å². The zero-order valence-electron chi connectivity index (χ0n) is 20.8. The van der Waals surface area contributed by atoms with Gasteiger partial charge in [0.15, 0.2) is 17.3 Å². The molecule has 0 spiro atoms. The van der Waals surface area contributed by atoms with E-state index in [-0.39, 0.29) is 39.4 Å². The van der Waals surface area contributed by atoms with E-state index in [1.165, 1.54) is 56.4 Å². The van der Waals surface area contributed by atoms with Crippen LogP contribution in [0.5, 0.6) is 0 Å². The van der Waals surface area contributed by atoms with Gasteiger partial charge in [-0.2, -0.15) is 8.78 Å². The zero-order valence-corrected chi connectivity index (χ0v) is 25.4. The summed E-state index contributed by atoms with van der Waals surface area (Å²) < 4.78 is 87.8. The third-order valence-corrected chi connectivity index (χ3v) is 9.18. The van der Waals surface area contributed by atoms with E-state index in [9.17, 15) is 35.3 Å². The molecule has 0 aliphatic rings. The topological polar surface area (TPSA) is 83.5 Å². The van der Waals surface area contributed by atoms with Crippen LogP contribution in [0.25, 0.3) is 0 Å². The molecule has 0 bridgehead atoms. The summed E-state index contributed by atoms with van der Waals surface area (Å²) in [7, 11) is -6.03. The maximum Gasteiger partial charge on any atom is 0.428 e. The second-order valence-electron chi connectivity index (χ2n) is 8.30. The van der Waals surface area contributed by atoms with Crippen LogP contribution in [0, 0.1) is 18.8 Å². The highest BCUT2D eigenvalue weighted by molar-refractivity contribution is 9.09. The van der Waals surface area contributed by atoms with Crippen molar-refractivity contribution in [3.63, 3.8) is 0 Å². The summed E-state index contributed by atoms with van der Waals surface area (Å²) in [4.78, 5) is 10.8. The number of esters is 1. The lowest BCUT2D eigenvalue weighted by molar-refractivity contribution is -0.597. The maximum absolute atomic E-state index is 12.8. The maximum atomic E-state index is 12.8. The Hall–Kier alpha value is -1.25. The molecule has 0 heterocycles. The molecule has 0 radical (unpaired) electrons. The monoisotopic (exact) mass is 738 g/mol. The summed E-state index contributed by atoms with van der Waals surface area (Å²) in [5.74, 6) is -2.74. The van der Waals surface area contributed by atoms with Crippen molar-refractivity contribution >= 4 is 32.0 Å². The number of carbonyl (C=O) groups excluding carboxylic acids is 1. The Kier molecular flexibility index (Phi) is 17.3. The summed E-state index contributed by atoms with van der Waals surface area (Å²) in [6.07, 6.45) is 10.2. The van der Waals surface area contributed by atoms with Crippen molar-refractivity contribution in [2.45, 2.75) is 69.5 Å². The molecule has 0 saturated heterocycles. The quantitative estimate of drug-likeness (QED) is 0.0649. The lowest BCUT2D eigenvalue weighted by Crippen LogP contribution is -3.61. The molecule has 0 aliphatic carbocycles. The van der Waals surface area contributed by atoms with Crippen molar-refractivity contribution in [1.29, 1.82) is 0 Å². The minimum Gasteiger partial charge on any atom is -0.743 e. The predicted octanol–water partition coefficient (Wildman–Crippen LogP) is 4.06. The van der Waals surface area contributed by atoms with Gasteiger partial charge in [-0.1, -0.05) is 67.3 Å². The van der Waals surface area contributed by atoms with Crippen molar-refractivity contribution in [1.82, 2.24) is 0 Å². The molecule has 0 atom stereocenters. The third kappa shape index (κ3) is 14.8. The first-order valence-electron chi connectivity index (χ1n) is 12.2. The van der Waals surface area contributed by atoms with Gasteiger partial charge in [0.1, 0.15) is 11.6 Å². The average molecular weight is 739 g/mol. The Balaban J connectivity index is 0.000000411. The highest BCUT2D eigenvalue weighted by Crippen LogP contribution is 2.22. The molecule has 38 heavy (non-hydrogen) atoms. The van der Waals surface area contributed by atoms with E-state index in [1.54, 1.807) is 24.3 Å². The largest absolute Gasteiger partial charge is 0.743 e. The Morgan fingerprint density at radius 3 is 1.50 bits per heavy atom. The van der Waals surface area contributed by atoms with E-state index in [2.05, 4.69) is 20.7 Å². The fraction of sp³-hybridized carbons (Fsp3) is 0.500. The Labute approximate surface area is 240 Å². The minimum absolute atomic E-state index is 0.220. The Morgan fingerprint density at radius 2 is 1.13 bits per heavy atom. The van der Waals surface area contributed by atoms with Gasteiger partial charge < -0.3 is 9.29 Å². The van der Waals surface area contributed by atoms with E-state index >= 15 is 0 Å². The van der Waals surface area contributed by atoms with Crippen LogP contribution in [-0.4, -0.2) is 36.1 Å². The van der Waals surface area contributed by atoms with Gasteiger partial charge >= 0.3 is 32.4 Å². The predicted molar refractivity (Wildman–Crippen MR) is 136 cm³/mol. The first-order chi connectivity index (χ1) is 18.0. The summed E-state index contributed by atoms with van der Waals surface area (Å²) in [5.41, 5.74) is 0. The molecule has 214 valence electrons. The molecule has 0 amide bonds. The summed E-state index contributed by atoms with van der Waals surface area (Å²) in [5, 5.41) is -3.97. The smallest absolute Gasteiger partial charge is 0.428 e. The Morgan fingerprint density at radius 1 is 0.763 bits per heavy atom. The van der Waals surface area contributed by atoms with Gasteiger partial charge in [0.25, 0.3) is 0 Å². The number of rotatable bonds is 16. The number of benzene rings is 2. The molecule has 0 aromatic heterocycles. The fourth-order valence-electron chi connectivity index (χ4n) is 3.07. The molecule has 0 saturated carbocycles. The first kappa shape index (κ1) is 34.8. The zero-order chi connectivity index (χ0) is 28.4. The number of unbranched alkanes of at least 4 members (excludes halogenated alkanes) is 9. The van der Waals surface area contributed by atoms with Gasteiger partial charge in [-0.3, -0.25) is 0 Å². The normalized spacial score (nSPS) is 11.5. The second-order valence-corrected chi connectivity index (χ2v) is 13.5. The van der Waals surface area contributed by atoms with Gasteiger partial charge in [0, 0.05) is 5.33 Å². The average Bonchev–Trinajstić information content (AvgIpc) is 2.87. The summed E-state index contributed by atoms with van der Waals surface area (Å²) in [6.45, 7) is -0.309. The second kappa shape index (κ2) is 18.9. The van der Waals surface area contributed by atoms with E-state index < -0.39 is 21.3 Å². The summed E-state index contributed by atoms with van der Waals surface area (Å²) >= 11 is 3.05. The molecule has 0 N–H and O–H groups in total. The van der Waals surface area contributed by atoms with Gasteiger partial charge in [-0.15, -0.1) is 0 Å². The van der Waals surface area contributed by atoms with Crippen LogP contribution in [0.4, 0.5) is 17.6 Å². The van der Waals surface area contributed by atoms with E-state index in [4.69, 9.17) is 0 Å². The van der Waals surface area contributed by atoms with Crippen molar-refractivity contribution in [3.05, 3.63) is 67.3 Å². The minimum atomic E-state index is -6.03. The molecule has 0 aliphatic heterocycles. The molecule has 2 aromatic rings. The third-order valence-electron chi connectivity index (χ3n) is 5.14. The molecular formula is C26H32BrF4IO5S. The number of halogens is 6. The van der Waals surface area contributed by atoms with Gasteiger partial charge in [0.05, 0.1) is 6.61 Å². The standard InChI is InChI=1S/C14H25BrF2O5S.C12H8F2I/c15-11-9-7-5-3-1-2-4-6-8-10-12-22-13(18)14(16,17)23(19,20)21;13-9-1-5-11(6-2-9)15-12-7-3-10(14)4-8-12/h1-12H2,(H,19,20,21);1-8H/q;+1/p-1. The molecule has 0 fully saturated rings. The number of hydrogen-bond donors (Lipinski definition) is 0. The van der Waals surface area contributed by atoms with Crippen LogP contribution in [0.3, 0.4) is 0 Å². The van der Waals surface area contributed by atoms with Crippen molar-refractivity contribution in [2.24, 2.45) is 0 Å². The van der Waals surface area contributed by atoms with Crippen molar-refractivity contribution in [2.75, 3.05) is 11.9 Å². The highest BCUT2D eigenvalue weighted by atomic mass is 127. The van der Waals surface area contributed by atoms with E-state index in [0.29, 0.717) is 12.8 Å². The van der Waals surface area contributed by atoms with Crippen LogP contribution < -0.4 is 21.2 Å². The number of carbonyl (C=O) groups is 1. The van der Waals surface area contributed by atoms with Crippen LogP contribution in [0.15, 0.2) is 48.5 Å². The van der Waals surface area contributed by atoms with Crippen molar-refractivity contribution in [3.8, 4) is 0 Å². The van der Waals surface area contributed by atoms with E-state index in [1.807, 2.05) is 0 Å².